The van der Waals surface area contributed by atoms with E-state index in [1.165, 1.54) is 12.8 Å². The van der Waals surface area contributed by atoms with E-state index in [0.29, 0.717) is 0 Å². The fraction of sp³-hybridized carbons (Fsp3) is 0.391. The van der Waals surface area contributed by atoms with Gasteiger partial charge in [0.05, 0.1) is 0 Å². The molecule has 2 amide bonds. The number of amides is 2. The number of para-hydroxylation sites is 2. The van der Waals surface area contributed by atoms with E-state index in [0.717, 1.165) is 24.2 Å². The molecule has 0 spiro atoms. The minimum Gasteiger partial charge on any atom is -0.354 e. The molecule has 0 aliphatic carbocycles. The quantitative estimate of drug-likeness (QED) is 0.586. The van der Waals surface area contributed by atoms with Crippen LogP contribution in [0.15, 0.2) is 60.7 Å². The average molecular weight is 367 g/mol. The molecule has 0 heterocycles. The van der Waals surface area contributed by atoms with Crippen molar-refractivity contribution >= 4 is 23.2 Å². The van der Waals surface area contributed by atoms with Crippen molar-refractivity contribution < 1.29 is 9.59 Å². The summed E-state index contributed by atoms with van der Waals surface area (Å²) < 4.78 is 0. The van der Waals surface area contributed by atoms with Gasteiger partial charge in [-0.15, -0.1) is 0 Å². The highest BCUT2D eigenvalue weighted by molar-refractivity contribution is 6.01. The van der Waals surface area contributed by atoms with Gasteiger partial charge in [-0.1, -0.05) is 62.6 Å². The van der Waals surface area contributed by atoms with Crippen molar-refractivity contribution in [2.24, 2.45) is 0 Å². The van der Waals surface area contributed by atoms with Crippen LogP contribution >= 0.6 is 0 Å². The molecule has 2 aromatic carbocycles. The highest BCUT2D eigenvalue weighted by Crippen LogP contribution is 2.26. The molecule has 4 heteroatoms. The third kappa shape index (κ3) is 6.89. The first-order chi connectivity index (χ1) is 13.1. The van der Waals surface area contributed by atoms with Crippen molar-refractivity contribution in [2.45, 2.75) is 58.4 Å². The molecule has 2 rings (SSSR count). The SMILES string of the molecule is CCCCC[C@@H](C)NC(=O)CCC(=O)N(c1ccccc1)c1ccccc1. The van der Waals surface area contributed by atoms with Crippen LogP contribution in [0.4, 0.5) is 11.4 Å². The second kappa shape index (κ2) is 11.2. The topological polar surface area (TPSA) is 49.4 Å². The summed E-state index contributed by atoms with van der Waals surface area (Å²) in [6, 6.07) is 19.2. The Morgan fingerprint density at radius 2 is 1.44 bits per heavy atom. The van der Waals surface area contributed by atoms with Gasteiger partial charge in [-0.2, -0.15) is 0 Å². The number of unbranched alkanes of at least 4 members (excludes halogenated alkanes) is 2. The Hall–Kier alpha value is -2.62. The summed E-state index contributed by atoms with van der Waals surface area (Å²) in [4.78, 5) is 26.8. The molecule has 0 aromatic heterocycles. The van der Waals surface area contributed by atoms with Gasteiger partial charge in [-0.3, -0.25) is 14.5 Å². The molecule has 4 nitrogen and oxygen atoms in total. The van der Waals surface area contributed by atoms with Crippen molar-refractivity contribution in [3.8, 4) is 0 Å². The maximum atomic E-state index is 12.9. The molecule has 27 heavy (non-hydrogen) atoms. The van der Waals surface area contributed by atoms with E-state index in [1.807, 2.05) is 67.6 Å². The summed E-state index contributed by atoms with van der Waals surface area (Å²) >= 11 is 0. The van der Waals surface area contributed by atoms with Crippen LogP contribution in [0.1, 0.15) is 52.4 Å². The van der Waals surface area contributed by atoms with Crippen molar-refractivity contribution in [2.75, 3.05) is 4.90 Å². The minimum absolute atomic E-state index is 0.0616. The van der Waals surface area contributed by atoms with E-state index >= 15 is 0 Å². The Bertz CT molecular complexity index is 661. The number of rotatable bonds is 10. The number of hydrogen-bond acceptors (Lipinski definition) is 2. The molecule has 0 aliphatic rings. The lowest BCUT2D eigenvalue weighted by Crippen LogP contribution is -2.34. The normalized spacial score (nSPS) is 11.6. The van der Waals surface area contributed by atoms with Gasteiger partial charge >= 0.3 is 0 Å². The van der Waals surface area contributed by atoms with Gasteiger partial charge in [0, 0.05) is 30.3 Å². The zero-order valence-corrected chi connectivity index (χ0v) is 16.4. The molecule has 1 N–H and O–H groups in total. The van der Waals surface area contributed by atoms with Crippen LogP contribution in [0.25, 0.3) is 0 Å². The second-order valence-corrected chi connectivity index (χ2v) is 6.86. The lowest BCUT2D eigenvalue weighted by atomic mass is 10.1. The largest absolute Gasteiger partial charge is 0.354 e. The number of nitrogens with one attached hydrogen (secondary N) is 1. The zero-order valence-electron chi connectivity index (χ0n) is 16.4. The predicted octanol–water partition coefficient (Wildman–Crippen LogP) is 5.22. The first kappa shape index (κ1) is 20.7. The standard InChI is InChI=1S/C23H30N2O2/c1-3-4-7-12-19(2)24-22(26)17-18-23(27)25(20-13-8-5-9-14-20)21-15-10-6-11-16-21/h5-6,8-11,13-16,19H,3-4,7,12,17-18H2,1-2H3,(H,24,26)/t19-/m1/s1. The summed E-state index contributed by atoms with van der Waals surface area (Å²) in [5.74, 6) is -0.144. The number of hydrogen-bond donors (Lipinski definition) is 1. The first-order valence-corrected chi connectivity index (χ1v) is 9.84. The van der Waals surface area contributed by atoms with Crippen LogP contribution in [-0.4, -0.2) is 17.9 Å². The van der Waals surface area contributed by atoms with Crippen LogP contribution < -0.4 is 10.2 Å². The average Bonchev–Trinajstić information content (AvgIpc) is 2.68. The molecule has 144 valence electrons. The molecule has 1 atom stereocenters. The van der Waals surface area contributed by atoms with Crippen LogP contribution in [0.5, 0.6) is 0 Å². The van der Waals surface area contributed by atoms with E-state index < -0.39 is 0 Å². The molecule has 0 radical (unpaired) electrons. The van der Waals surface area contributed by atoms with Crippen LogP contribution in [0.2, 0.25) is 0 Å². The summed E-state index contributed by atoms with van der Waals surface area (Å²) in [5.41, 5.74) is 1.61. The fourth-order valence-electron chi connectivity index (χ4n) is 3.04. The van der Waals surface area contributed by atoms with Gasteiger partial charge < -0.3 is 5.32 Å². The smallest absolute Gasteiger partial charge is 0.232 e. The number of anilines is 2. The fourth-order valence-corrected chi connectivity index (χ4v) is 3.04. The Morgan fingerprint density at radius 3 is 1.96 bits per heavy atom. The molecule has 0 bridgehead atoms. The van der Waals surface area contributed by atoms with E-state index in [4.69, 9.17) is 0 Å². The molecule has 0 saturated heterocycles. The van der Waals surface area contributed by atoms with Crippen LogP contribution in [-0.2, 0) is 9.59 Å². The summed E-state index contributed by atoms with van der Waals surface area (Å²) in [5, 5.41) is 3.00. The monoisotopic (exact) mass is 366 g/mol. The third-order valence-corrected chi connectivity index (χ3v) is 4.49. The molecule has 2 aromatic rings. The second-order valence-electron chi connectivity index (χ2n) is 6.86. The minimum atomic E-state index is -0.0822. The van der Waals surface area contributed by atoms with Gasteiger partial charge in [0.2, 0.25) is 11.8 Å². The van der Waals surface area contributed by atoms with Crippen LogP contribution in [0.3, 0.4) is 0 Å². The number of benzene rings is 2. The van der Waals surface area contributed by atoms with Crippen molar-refractivity contribution in [3.63, 3.8) is 0 Å². The molecular weight excluding hydrogens is 336 g/mol. The Kier molecular flexibility index (Phi) is 8.56. The van der Waals surface area contributed by atoms with Gasteiger partial charge in [0.1, 0.15) is 0 Å². The van der Waals surface area contributed by atoms with Crippen LogP contribution in [0, 0.1) is 0 Å². The highest BCUT2D eigenvalue weighted by atomic mass is 16.2. The summed E-state index contributed by atoms with van der Waals surface area (Å²) in [6.45, 7) is 4.19. The Morgan fingerprint density at radius 1 is 0.889 bits per heavy atom. The molecule has 0 aliphatic heterocycles. The van der Waals surface area contributed by atoms with Crippen molar-refractivity contribution in [1.29, 1.82) is 0 Å². The third-order valence-electron chi connectivity index (χ3n) is 4.49. The number of carbonyl (C=O) groups excluding carboxylic acids is 2. The molecule has 0 unspecified atom stereocenters. The van der Waals surface area contributed by atoms with Crippen molar-refractivity contribution in [3.05, 3.63) is 60.7 Å². The first-order valence-electron chi connectivity index (χ1n) is 9.84. The lowest BCUT2D eigenvalue weighted by Gasteiger charge is -2.23. The molecule has 0 saturated carbocycles. The lowest BCUT2D eigenvalue weighted by molar-refractivity contribution is -0.125. The summed E-state index contributed by atoms with van der Waals surface area (Å²) in [7, 11) is 0. The van der Waals surface area contributed by atoms with E-state index in [-0.39, 0.29) is 30.7 Å². The van der Waals surface area contributed by atoms with E-state index in [2.05, 4.69) is 12.2 Å². The van der Waals surface area contributed by atoms with Gasteiger partial charge in [-0.05, 0) is 37.6 Å². The van der Waals surface area contributed by atoms with Gasteiger partial charge in [-0.25, -0.2) is 0 Å². The summed E-state index contributed by atoms with van der Waals surface area (Å²) in [6.07, 6.45) is 4.83. The number of nitrogens with zero attached hydrogens (tertiary/aromatic N) is 1. The zero-order chi connectivity index (χ0) is 19.5. The number of carbonyl (C=O) groups is 2. The maximum absolute atomic E-state index is 12.9. The Balaban J connectivity index is 1.95. The van der Waals surface area contributed by atoms with E-state index in [9.17, 15) is 9.59 Å². The molecule has 0 fully saturated rings. The van der Waals surface area contributed by atoms with Gasteiger partial charge in [0.25, 0.3) is 0 Å². The van der Waals surface area contributed by atoms with Crippen molar-refractivity contribution in [1.82, 2.24) is 5.32 Å². The maximum Gasteiger partial charge on any atom is 0.232 e. The highest BCUT2D eigenvalue weighted by Gasteiger charge is 2.19. The predicted molar refractivity (Wildman–Crippen MR) is 111 cm³/mol. The van der Waals surface area contributed by atoms with E-state index in [1.54, 1.807) is 4.90 Å². The van der Waals surface area contributed by atoms with Gasteiger partial charge in [0.15, 0.2) is 0 Å². The Labute approximate surface area is 162 Å². The molecular formula is C23H30N2O2.